The second kappa shape index (κ2) is 7.69. The van der Waals surface area contributed by atoms with E-state index in [0.717, 1.165) is 37.4 Å². The Hall–Kier alpha value is -1.22. The van der Waals surface area contributed by atoms with Gasteiger partial charge in [0.05, 0.1) is 11.8 Å². The maximum Gasteiger partial charge on any atom is 0.142 e. The van der Waals surface area contributed by atoms with E-state index in [-0.39, 0.29) is 11.6 Å². The van der Waals surface area contributed by atoms with Gasteiger partial charge in [-0.15, -0.1) is 0 Å². The Kier molecular flexibility index (Phi) is 6.53. The Labute approximate surface area is 130 Å². The van der Waals surface area contributed by atoms with E-state index in [0.29, 0.717) is 0 Å². The molecular weight excluding hydrogens is 260 g/mol. The van der Waals surface area contributed by atoms with Gasteiger partial charge in [0, 0.05) is 5.54 Å². The summed E-state index contributed by atoms with van der Waals surface area (Å²) in [6, 6.07) is 6.17. The molecule has 0 bridgehead atoms. The molecule has 0 saturated carbocycles. The molecular formula is C18H32N2O. The van der Waals surface area contributed by atoms with E-state index in [4.69, 9.17) is 10.5 Å². The third-order valence-corrected chi connectivity index (χ3v) is 3.66. The Bertz CT molecular complexity index is 435. The number of hydrogen-bond acceptors (Lipinski definition) is 3. The molecule has 0 atom stereocenters. The zero-order valence-corrected chi connectivity index (χ0v) is 14.6. The molecule has 0 fully saturated rings. The Morgan fingerprint density at radius 1 is 1.24 bits per heavy atom. The van der Waals surface area contributed by atoms with Crippen LogP contribution in [0.2, 0.25) is 0 Å². The van der Waals surface area contributed by atoms with Gasteiger partial charge in [-0.2, -0.15) is 0 Å². The van der Waals surface area contributed by atoms with Gasteiger partial charge in [-0.25, -0.2) is 0 Å². The molecule has 1 rings (SSSR count). The molecule has 1 aromatic carbocycles. The van der Waals surface area contributed by atoms with Gasteiger partial charge in [0.15, 0.2) is 0 Å². The van der Waals surface area contributed by atoms with Crippen LogP contribution in [0.4, 0.5) is 5.69 Å². The summed E-state index contributed by atoms with van der Waals surface area (Å²) in [5.41, 5.74) is 8.33. The maximum absolute atomic E-state index is 6.06. The highest BCUT2D eigenvalue weighted by Crippen LogP contribution is 2.24. The number of rotatable bonds is 7. The monoisotopic (exact) mass is 292 g/mol. The molecule has 120 valence electrons. The zero-order chi connectivity index (χ0) is 16.0. The first-order valence-electron chi connectivity index (χ1n) is 8.04. The number of ether oxygens (including phenoxy) is 1. The SMILES string of the molecule is CCN(CCCc1ccc(OC(C)C)c(N)c1)C(C)(C)C. The number of hydrogen-bond donors (Lipinski definition) is 1. The minimum absolute atomic E-state index is 0.156. The van der Waals surface area contributed by atoms with Crippen LogP contribution in [0.15, 0.2) is 18.2 Å². The zero-order valence-electron chi connectivity index (χ0n) is 14.6. The Morgan fingerprint density at radius 2 is 1.90 bits per heavy atom. The number of anilines is 1. The fourth-order valence-corrected chi connectivity index (χ4v) is 2.56. The molecule has 0 unspecified atom stereocenters. The lowest BCUT2D eigenvalue weighted by Crippen LogP contribution is -2.41. The average molecular weight is 292 g/mol. The van der Waals surface area contributed by atoms with Crippen LogP contribution < -0.4 is 10.5 Å². The topological polar surface area (TPSA) is 38.5 Å². The molecule has 0 aliphatic rings. The van der Waals surface area contributed by atoms with E-state index < -0.39 is 0 Å². The highest BCUT2D eigenvalue weighted by Gasteiger charge is 2.18. The third-order valence-electron chi connectivity index (χ3n) is 3.66. The lowest BCUT2D eigenvalue weighted by molar-refractivity contribution is 0.143. The molecule has 0 amide bonds. The molecule has 0 radical (unpaired) electrons. The Morgan fingerprint density at radius 3 is 2.38 bits per heavy atom. The summed E-state index contributed by atoms with van der Waals surface area (Å²) in [5, 5.41) is 0. The van der Waals surface area contributed by atoms with Gasteiger partial charge in [0.1, 0.15) is 5.75 Å². The highest BCUT2D eigenvalue weighted by molar-refractivity contribution is 5.54. The molecule has 0 aliphatic heterocycles. The molecule has 2 N–H and O–H groups in total. The fraction of sp³-hybridized carbons (Fsp3) is 0.667. The van der Waals surface area contributed by atoms with Crippen LogP contribution in [0.3, 0.4) is 0 Å². The predicted octanol–water partition coefficient (Wildman–Crippen LogP) is 4.11. The van der Waals surface area contributed by atoms with Gasteiger partial charge in [-0.1, -0.05) is 13.0 Å². The summed E-state index contributed by atoms with van der Waals surface area (Å²) in [7, 11) is 0. The Balaban J connectivity index is 2.55. The van der Waals surface area contributed by atoms with Crippen molar-refractivity contribution in [1.82, 2.24) is 4.90 Å². The van der Waals surface area contributed by atoms with Crippen molar-refractivity contribution in [3.8, 4) is 5.75 Å². The molecule has 3 nitrogen and oxygen atoms in total. The summed E-state index contributed by atoms with van der Waals surface area (Å²) in [5.74, 6) is 0.790. The van der Waals surface area contributed by atoms with E-state index >= 15 is 0 Å². The predicted molar refractivity (Wildman–Crippen MR) is 91.9 cm³/mol. The van der Waals surface area contributed by atoms with Crippen LogP contribution in [0.25, 0.3) is 0 Å². The van der Waals surface area contributed by atoms with Crippen molar-refractivity contribution in [2.45, 2.75) is 66.0 Å². The molecule has 0 heterocycles. The highest BCUT2D eigenvalue weighted by atomic mass is 16.5. The smallest absolute Gasteiger partial charge is 0.142 e. The van der Waals surface area contributed by atoms with Crippen molar-refractivity contribution < 1.29 is 4.74 Å². The van der Waals surface area contributed by atoms with E-state index in [1.54, 1.807) is 0 Å². The van der Waals surface area contributed by atoms with Gasteiger partial charge >= 0.3 is 0 Å². The van der Waals surface area contributed by atoms with Crippen LogP contribution in [-0.2, 0) is 6.42 Å². The van der Waals surface area contributed by atoms with E-state index in [2.05, 4.69) is 38.7 Å². The van der Waals surface area contributed by atoms with Crippen molar-refractivity contribution in [2.24, 2.45) is 0 Å². The van der Waals surface area contributed by atoms with Gasteiger partial charge in [0.25, 0.3) is 0 Å². The first kappa shape index (κ1) is 17.8. The maximum atomic E-state index is 6.06. The number of nitrogens with two attached hydrogens (primary N) is 1. The fourth-order valence-electron chi connectivity index (χ4n) is 2.56. The van der Waals surface area contributed by atoms with Gasteiger partial charge in [-0.05, 0) is 78.2 Å². The standard InChI is InChI=1S/C18H32N2O/c1-7-20(18(4,5)6)12-8-9-15-10-11-17(16(19)13-15)21-14(2)3/h10-11,13-14H,7-9,12,19H2,1-6H3. The van der Waals surface area contributed by atoms with Gasteiger partial charge in [-0.3, -0.25) is 4.90 Å². The van der Waals surface area contributed by atoms with Crippen LogP contribution >= 0.6 is 0 Å². The minimum Gasteiger partial charge on any atom is -0.489 e. The quantitative estimate of drug-likeness (QED) is 0.769. The molecule has 0 aromatic heterocycles. The molecule has 1 aromatic rings. The van der Waals surface area contributed by atoms with Crippen molar-refractivity contribution in [1.29, 1.82) is 0 Å². The second-order valence-corrected chi connectivity index (χ2v) is 6.89. The van der Waals surface area contributed by atoms with Crippen molar-refractivity contribution in [2.75, 3.05) is 18.8 Å². The van der Waals surface area contributed by atoms with Gasteiger partial charge < -0.3 is 10.5 Å². The largest absolute Gasteiger partial charge is 0.489 e. The molecule has 21 heavy (non-hydrogen) atoms. The summed E-state index contributed by atoms with van der Waals surface area (Å²) in [6.07, 6.45) is 2.36. The molecule has 3 heteroatoms. The third kappa shape index (κ3) is 5.96. The summed E-state index contributed by atoms with van der Waals surface area (Å²) < 4.78 is 5.67. The first-order chi connectivity index (χ1) is 9.74. The van der Waals surface area contributed by atoms with Gasteiger partial charge in [0.2, 0.25) is 0 Å². The van der Waals surface area contributed by atoms with E-state index in [1.807, 2.05) is 26.0 Å². The van der Waals surface area contributed by atoms with Crippen LogP contribution in [0.1, 0.15) is 53.5 Å². The lowest BCUT2D eigenvalue weighted by Gasteiger charge is -2.34. The number of aryl methyl sites for hydroxylation is 1. The lowest BCUT2D eigenvalue weighted by atomic mass is 10.0. The average Bonchev–Trinajstić information content (AvgIpc) is 2.35. The van der Waals surface area contributed by atoms with Crippen LogP contribution in [0.5, 0.6) is 5.75 Å². The second-order valence-electron chi connectivity index (χ2n) is 6.89. The summed E-state index contributed by atoms with van der Waals surface area (Å²) in [6.45, 7) is 15.3. The van der Waals surface area contributed by atoms with E-state index in [9.17, 15) is 0 Å². The van der Waals surface area contributed by atoms with Crippen LogP contribution in [-0.4, -0.2) is 29.6 Å². The molecule has 0 aliphatic carbocycles. The minimum atomic E-state index is 0.156. The van der Waals surface area contributed by atoms with Crippen LogP contribution in [0, 0.1) is 0 Å². The number of benzene rings is 1. The summed E-state index contributed by atoms with van der Waals surface area (Å²) >= 11 is 0. The van der Waals surface area contributed by atoms with Crippen molar-refractivity contribution >= 4 is 5.69 Å². The number of nitrogens with zero attached hydrogens (tertiary/aromatic N) is 1. The molecule has 0 saturated heterocycles. The van der Waals surface area contributed by atoms with E-state index in [1.165, 1.54) is 5.56 Å². The normalized spacial score (nSPS) is 12.2. The molecule has 0 spiro atoms. The van der Waals surface area contributed by atoms with Crippen molar-refractivity contribution in [3.63, 3.8) is 0 Å². The van der Waals surface area contributed by atoms with Crippen molar-refractivity contribution in [3.05, 3.63) is 23.8 Å². The number of nitrogen functional groups attached to an aromatic ring is 1. The summed E-state index contributed by atoms with van der Waals surface area (Å²) in [4.78, 5) is 2.51. The first-order valence-corrected chi connectivity index (χ1v) is 8.04.